The molecule has 0 radical (unpaired) electrons. The third-order valence-corrected chi connectivity index (χ3v) is 3.25. The van der Waals surface area contributed by atoms with Crippen LogP contribution in [0.4, 0.5) is 0 Å². The Balaban J connectivity index is 1.96. The third kappa shape index (κ3) is 4.92. The molecule has 0 spiro atoms. The van der Waals surface area contributed by atoms with E-state index < -0.39 is 5.97 Å². The van der Waals surface area contributed by atoms with Crippen LogP contribution >= 0.6 is 11.6 Å². The first kappa shape index (κ1) is 17.7. The van der Waals surface area contributed by atoms with E-state index >= 15 is 0 Å². The first-order valence-corrected chi connectivity index (χ1v) is 7.49. The van der Waals surface area contributed by atoms with Crippen molar-refractivity contribution in [3.8, 4) is 11.6 Å². The van der Waals surface area contributed by atoms with E-state index in [-0.39, 0.29) is 31.0 Å². The molecule has 2 rings (SSSR count). The summed E-state index contributed by atoms with van der Waals surface area (Å²) in [6, 6.07) is 7.65. The standard InChI is InChI=1S/C16H15ClN2O5/c1-11-3-4-13(12(17)9-11)23-10-16(22)24-14-5-6-15(21)19(18-14)7-2-8-20/h3-6,8-9H,2,7,10H2,1H3. The van der Waals surface area contributed by atoms with Gasteiger partial charge in [0.25, 0.3) is 5.56 Å². The van der Waals surface area contributed by atoms with E-state index in [1.807, 2.05) is 6.92 Å². The van der Waals surface area contributed by atoms with Crippen LogP contribution in [0.1, 0.15) is 12.0 Å². The van der Waals surface area contributed by atoms with Gasteiger partial charge in [-0.05, 0) is 24.6 Å². The Kier molecular flexibility index (Phi) is 6.08. The highest BCUT2D eigenvalue weighted by Crippen LogP contribution is 2.25. The second-order valence-corrected chi connectivity index (χ2v) is 5.29. The predicted molar refractivity (Wildman–Crippen MR) is 86.5 cm³/mol. The Bertz CT molecular complexity index is 803. The molecule has 0 saturated carbocycles. The van der Waals surface area contributed by atoms with Gasteiger partial charge in [0.05, 0.1) is 11.6 Å². The van der Waals surface area contributed by atoms with E-state index in [4.69, 9.17) is 21.1 Å². The Morgan fingerprint density at radius 2 is 2.12 bits per heavy atom. The van der Waals surface area contributed by atoms with Gasteiger partial charge in [0.2, 0.25) is 5.88 Å². The molecule has 8 heteroatoms. The van der Waals surface area contributed by atoms with Crippen molar-refractivity contribution in [3.05, 3.63) is 51.3 Å². The summed E-state index contributed by atoms with van der Waals surface area (Å²) in [5.41, 5.74) is 0.580. The van der Waals surface area contributed by atoms with Gasteiger partial charge in [0.15, 0.2) is 6.61 Å². The van der Waals surface area contributed by atoms with Crippen molar-refractivity contribution >= 4 is 23.9 Å². The van der Waals surface area contributed by atoms with Crippen LogP contribution in [0.15, 0.2) is 35.1 Å². The monoisotopic (exact) mass is 350 g/mol. The molecule has 0 aliphatic heterocycles. The first-order valence-electron chi connectivity index (χ1n) is 7.11. The second kappa shape index (κ2) is 8.26. The molecule has 0 N–H and O–H groups in total. The smallest absolute Gasteiger partial charge is 0.350 e. The number of carbonyl (C=O) groups excluding carboxylic acids is 2. The minimum Gasteiger partial charge on any atom is -0.480 e. The van der Waals surface area contributed by atoms with E-state index in [9.17, 15) is 14.4 Å². The molecule has 0 aliphatic carbocycles. The normalized spacial score (nSPS) is 10.2. The zero-order chi connectivity index (χ0) is 17.5. The van der Waals surface area contributed by atoms with Gasteiger partial charge in [0, 0.05) is 18.6 Å². The molecule has 1 heterocycles. The van der Waals surface area contributed by atoms with Crippen molar-refractivity contribution in [2.45, 2.75) is 19.9 Å². The molecule has 0 fully saturated rings. The topological polar surface area (TPSA) is 87.5 Å². The highest BCUT2D eigenvalue weighted by atomic mass is 35.5. The van der Waals surface area contributed by atoms with Gasteiger partial charge in [-0.1, -0.05) is 17.7 Å². The number of carbonyl (C=O) groups is 2. The lowest BCUT2D eigenvalue weighted by Crippen LogP contribution is -2.24. The quantitative estimate of drug-likeness (QED) is 0.558. The fourth-order valence-electron chi connectivity index (χ4n) is 1.83. The van der Waals surface area contributed by atoms with Gasteiger partial charge in [-0.2, -0.15) is 0 Å². The summed E-state index contributed by atoms with van der Waals surface area (Å²) in [6.07, 6.45) is 0.811. The number of ether oxygens (including phenoxy) is 2. The van der Waals surface area contributed by atoms with Crippen LogP contribution in [0.3, 0.4) is 0 Å². The van der Waals surface area contributed by atoms with Crippen LogP contribution in [-0.4, -0.2) is 28.6 Å². The number of hydrogen-bond donors (Lipinski definition) is 0. The second-order valence-electron chi connectivity index (χ2n) is 4.88. The molecule has 0 bridgehead atoms. The van der Waals surface area contributed by atoms with Gasteiger partial charge in [-0.3, -0.25) is 4.79 Å². The van der Waals surface area contributed by atoms with Crippen LogP contribution in [-0.2, 0) is 16.1 Å². The fraction of sp³-hybridized carbons (Fsp3) is 0.250. The van der Waals surface area contributed by atoms with E-state index in [1.54, 1.807) is 18.2 Å². The zero-order valence-corrected chi connectivity index (χ0v) is 13.7. The van der Waals surface area contributed by atoms with Gasteiger partial charge >= 0.3 is 5.97 Å². The molecule has 0 amide bonds. The minimum atomic E-state index is -0.695. The Hall–Kier alpha value is -2.67. The van der Waals surface area contributed by atoms with E-state index in [0.717, 1.165) is 10.2 Å². The van der Waals surface area contributed by atoms with Gasteiger partial charge in [-0.25, -0.2) is 9.48 Å². The Morgan fingerprint density at radius 3 is 2.83 bits per heavy atom. The van der Waals surface area contributed by atoms with Crippen LogP contribution in [0.2, 0.25) is 5.02 Å². The van der Waals surface area contributed by atoms with Gasteiger partial charge in [-0.15, -0.1) is 5.10 Å². The van der Waals surface area contributed by atoms with Crippen molar-refractivity contribution in [1.82, 2.24) is 9.78 Å². The molecule has 7 nitrogen and oxygen atoms in total. The highest BCUT2D eigenvalue weighted by molar-refractivity contribution is 6.32. The lowest BCUT2D eigenvalue weighted by atomic mass is 10.2. The summed E-state index contributed by atoms with van der Waals surface area (Å²) in [6.45, 7) is 1.64. The summed E-state index contributed by atoms with van der Waals surface area (Å²) < 4.78 is 11.4. The largest absolute Gasteiger partial charge is 0.480 e. The van der Waals surface area contributed by atoms with E-state index in [2.05, 4.69) is 5.10 Å². The SMILES string of the molecule is Cc1ccc(OCC(=O)Oc2ccc(=O)n(CCC=O)n2)c(Cl)c1. The molecule has 2 aromatic rings. The number of rotatable bonds is 7. The molecular weight excluding hydrogens is 336 g/mol. The number of aromatic nitrogens is 2. The fourth-order valence-corrected chi connectivity index (χ4v) is 2.12. The summed E-state index contributed by atoms with van der Waals surface area (Å²) in [4.78, 5) is 33.7. The summed E-state index contributed by atoms with van der Waals surface area (Å²) in [5, 5.41) is 4.25. The number of nitrogens with zero attached hydrogens (tertiary/aromatic N) is 2. The number of hydrogen-bond acceptors (Lipinski definition) is 6. The molecule has 0 atom stereocenters. The van der Waals surface area contributed by atoms with Crippen LogP contribution in [0.25, 0.3) is 0 Å². The summed E-state index contributed by atoms with van der Waals surface area (Å²) in [7, 11) is 0. The maximum absolute atomic E-state index is 11.8. The van der Waals surface area contributed by atoms with Crippen LogP contribution < -0.4 is 15.0 Å². The number of esters is 1. The van der Waals surface area contributed by atoms with Crippen LogP contribution in [0.5, 0.6) is 11.6 Å². The molecule has 0 aliphatic rings. The lowest BCUT2D eigenvalue weighted by molar-refractivity contribution is -0.137. The average molecular weight is 351 g/mol. The molecule has 24 heavy (non-hydrogen) atoms. The highest BCUT2D eigenvalue weighted by Gasteiger charge is 2.10. The lowest BCUT2D eigenvalue weighted by Gasteiger charge is -2.09. The third-order valence-electron chi connectivity index (χ3n) is 2.95. The van der Waals surface area contributed by atoms with Crippen molar-refractivity contribution in [2.75, 3.05) is 6.61 Å². The molecule has 0 saturated heterocycles. The van der Waals surface area contributed by atoms with E-state index in [1.165, 1.54) is 12.1 Å². The van der Waals surface area contributed by atoms with Gasteiger partial charge in [0.1, 0.15) is 12.0 Å². The number of aldehydes is 1. The van der Waals surface area contributed by atoms with Crippen LogP contribution in [0, 0.1) is 6.92 Å². The number of aryl methyl sites for hydroxylation is 2. The Labute approximate surface area is 142 Å². The minimum absolute atomic E-state index is 0.0518. The zero-order valence-electron chi connectivity index (χ0n) is 12.9. The maximum Gasteiger partial charge on any atom is 0.350 e. The van der Waals surface area contributed by atoms with Crippen molar-refractivity contribution in [3.63, 3.8) is 0 Å². The first-order chi connectivity index (χ1) is 11.5. The number of benzene rings is 1. The van der Waals surface area contributed by atoms with Gasteiger partial charge < -0.3 is 14.3 Å². The Morgan fingerprint density at radius 1 is 1.33 bits per heavy atom. The molecule has 126 valence electrons. The molecule has 1 aromatic carbocycles. The molecule has 1 aromatic heterocycles. The van der Waals surface area contributed by atoms with E-state index in [0.29, 0.717) is 17.1 Å². The maximum atomic E-state index is 11.8. The predicted octanol–water partition coefficient (Wildman–Crippen LogP) is 1.78. The van der Waals surface area contributed by atoms with Crippen molar-refractivity contribution in [1.29, 1.82) is 0 Å². The molecule has 0 unspecified atom stereocenters. The molecular formula is C16H15ClN2O5. The van der Waals surface area contributed by atoms with Crippen molar-refractivity contribution in [2.24, 2.45) is 0 Å². The average Bonchev–Trinajstić information content (AvgIpc) is 2.54. The van der Waals surface area contributed by atoms with Crippen molar-refractivity contribution < 1.29 is 19.1 Å². The number of halogens is 1. The summed E-state index contributed by atoms with van der Waals surface area (Å²) >= 11 is 6.00. The summed E-state index contributed by atoms with van der Waals surface area (Å²) in [5.74, 6) is -0.382.